The lowest BCUT2D eigenvalue weighted by atomic mass is 9.78. The summed E-state index contributed by atoms with van der Waals surface area (Å²) in [6, 6.07) is 14.6. The molecule has 0 bridgehead atoms. The number of benzene rings is 2. The van der Waals surface area contributed by atoms with Crippen LogP contribution in [0, 0.1) is 18.8 Å². The molecule has 0 unspecified atom stereocenters. The van der Waals surface area contributed by atoms with Crippen molar-refractivity contribution >= 4 is 27.5 Å². The first-order chi connectivity index (χ1) is 21.3. The van der Waals surface area contributed by atoms with Crippen LogP contribution in [0.2, 0.25) is 0 Å². The smallest absolute Gasteiger partial charge is 0.304 e. The van der Waals surface area contributed by atoms with E-state index in [4.69, 9.17) is 4.74 Å². The van der Waals surface area contributed by atoms with Crippen LogP contribution >= 0.6 is 11.3 Å². The molecule has 3 fully saturated rings. The van der Waals surface area contributed by atoms with Gasteiger partial charge in [0.25, 0.3) is 0 Å². The van der Waals surface area contributed by atoms with E-state index in [-0.39, 0.29) is 24.3 Å². The third-order valence-electron chi connectivity index (χ3n) is 9.76. The van der Waals surface area contributed by atoms with Gasteiger partial charge in [-0.1, -0.05) is 49.6 Å². The van der Waals surface area contributed by atoms with Crippen molar-refractivity contribution in [3.63, 3.8) is 0 Å². The Balaban J connectivity index is 1.17. The van der Waals surface area contributed by atoms with E-state index in [0.29, 0.717) is 18.4 Å². The number of aryl methyl sites for hydroxylation is 1. The Hall–Kier alpha value is -2.75. The molecule has 9 heteroatoms. The van der Waals surface area contributed by atoms with E-state index in [0.717, 1.165) is 85.1 Å². The van der Waals surface area contributed by atoms with Crippen molar-refractivity contribution in [3.8, 4) is 16.2 Å². The number of hydrogen-bond acceptors (Lipinski definition) is 6. The zero-order valence-corrected chi connectivity index (χ0v) is 27.6. The van der Waals surface area contributed by atoms with Gasteiger partial charge in [-0.15, -0.1) is 11.3 Å². The van der Waals surface area contributed by atoms with E-state index in [2.05, 4.69) is 40.9 Å². The van der Waals surface area contributed by atoms with E-state index >= 15 is 0 Å². The number of nitrogens with zero attached hydrogens (tertiary/aromatic N) is 2. The maximum Gasteiger partial charge on any atom is 0.304 e. The number of rotatable bonds is 11. The summed E-state index contributed by atoms with van der Waals surface area (Å²) in [5.41, 5.74) is 4.45. The number of carbonyl (C=O) groups is 1. The molecule has 1 heterocycles. The molecule has 1 amide bonds. The summed E-state index contributed by atoms with van der Waals surface area (Å²) in [7, 11) is -2.31. The second-order valence-electron chi connectivity index (χ2n) is 13.1. The molecule has 0 spiro atoms. The van der Waals surface area contributed by atoms with E-state index in [1.54, 1.807) is 18.4 Å². The van der Waals surface area contributed by atoms with Crippen molar-refractivity contribution in [2.45, 2.75) is 95.9 Å². The van der Waals surface area contributed by atoms with Gasteiger partial charge < -0.3 is 4.74 Å². The summed E-state index contributed by atoms with van der Waals surface area (Å²) in [4.78, 5) is 18.9. The fourth-order valence-corrected chi connectivity index (χ4v) is 9.34. The summed E-state index contributed by atoms with van der Waals surface area (Å²) in [6.07, 6.45) is 12.9. The Morgan fingerprint density at radius 3 is 2.43 bits per heavy atom. The largest absolute Gasteiger partial charge is 0.496 e. The molecule has 3 saturated carbocycles. The SMILES string of the molecule is COc1ccc(C2CCC(CN(Cc3cccc(-c4cnc(C5CC5)s4)c3)S(=O)(=O)NC(=O)C3CCCCC3)CC2)cc1C. The molecule has 3 aliphatic carbocycles. The molecule has 236 valence electrons. The number of methoxy groups -OCH3 is 1. The number of amides is 1. The number of hydrogen-bond donors (Lipinski definition) is 1. The predicted molar refractivity (Wildman–Crippen MR) is 176 cm³/mol. The Kier molecular flexibility index (Phi) is 9.74. The average molecular weight is 636 g/mol. The second kappa shape index (κ2) is 13.7. The predicted octanol–water partition coefficient (Wildman–Crippen LogP) is 7.72. The fraction of sp³-hybridized carbons (Fsp3) is 0.543. The van der Waals surface area contributed by atoms with Crippen molar-refractivity contribution in [3.05, 3.63) is 70.4 Å². The van der Waals surface area contributed by atoms with Gasteiger partial charge in [-0.25, -0.2) is 9.71 Å². The number of thiazole rings is 1. The Bertz CT molecular complexity index is 1550. The van der Waals surface area contributed by atoms with Crippen LogP contribution in [0.25, 0.3) is 10.4 Å². The molecule has 3 aliphatic rings. The third-order valence-corrected chi connectivity index (χ3v) is 12.4. The Labute approximate surface area is 266 Å². The number of ether oxygens (including phenoxy) is 1. The summed E-state index contributed by atoms with van der Waals surface area (Å²) in [5.74, 6) is 1.63. The number of aromatic nitrogens is 1. The van der Waals surface area contributed by atoms with Crippen molar-refractivity contribution in [1.29, 1.82) is 0 Å². The monoisotopic (exact) mass is 635 g/mol. The maximum atomic E-state index is 13.9. The van der Waals surface area contributed by atoms with Crippen molar-refractivity contribution in [2.24, 2.45) is 11.8 Å². The topological polar surface area (TPSA) is 88.6 Å². The summed E-state index contributed by atoms with van der Waals surface area (Å²) >= 11 is 1.74. The zero-order valence-electron chi connectivity index (χ0n) is 26.0. The normalized spacial score (nSPS) is 21.3. The number of nitrogens with one attached hydrogen (secondary N) is 1. The first kappa shape index (κ1) is 31.2. The second-order valence-corrected chi connectivity index (χ2v) is 15.8. The lowest BCUT2D eigenvalue weighted by molar-refractivity contribution is -0.124. The van der Waals surface area contributed by atoms with Crippen molar-refractivity contribution < 1.29 is 17.9 Å². The molecule has 0 atom stereocenters. The Morgan fingerprint density at radius 2 is 1.73 bits per heavy atom. The van der Waals surface area contributed by atoms with Gasteiger partial charge in [-0.2, -0.15) is 12.7 Å². The van der Waals surface area contributed by atoms with Crippen molar-refractivity contribution in [2.75, 3.05) is 13.7 Å². The molecule has 7 nitrogen and oxygen atoms in total. The van der Waals surface area contributed by atoms with Gasteiger partial charge in [0, 0.05) is 31.1 Å². The minimum atomic E-state index is -4.01. The van der Waals surface area contributed by atoms with E-state index in [1.165, 1.54) is 27.7 Å². The van der Waals surface area contributed by atoms with Crippen LogP contribution in [0.1, 0.15) is 104 Å². The van der Waals surface area contributed by atoms with Crippen LogP contribution in [0.4, 0.5) is 0 Å². The van der Waals surface area contributed by atoms with Crippen LogP contribution in [-0.4, -0.2) is 37.3 Å². The first-order valence-electron chi connectivity index (χ1n) is 16.3. The van der Waals surface area contributed by atoms with E-state index in [1.807, 2.05) is 24.4 Å². The highest BCUT2D eigenvalue weighted by Gasteiger charge is 2.33. The molecule has 1 aromatic heterocycles. The number of carbonyl (C=O) groups excluding carboxylic acids is 1. The standard InChI is InChI=1S/C35H45N3O4S2/c1-24-19-30(17-18-32(24)42-2)27-13-11-25(12-14-27)22-38(44(40,41)37-34(39)28-8-4-3-5-9-28)23-26-7-6-10-31(20-26)33-21-36-35(43-33)29-15-16-29/h6-7,10,17-21,25,27-29H,3-5,8-9,11-16,22-23H2,1-2H3,(H,37,39). The van der Waals surface area contributed by atoms with E-state index in [9.17, 15) is 13.2 Å². The average Bonchev–Trinajstić information content (AvgIpc) is 3.77. The molecular formula is C35H45N3O4S2. The lowest BCUT2D eigenvalue weighted by Crippen LogP contribution is -2.47. The third kappa shape index (κ3) is 7.54. The molecule has 0 saturated heterocycles. The molecule has 2 aromatic carbocycles. The zero-order chi connectivity index (χ0) is 30.7. The quantitative estimate of drug-likeness (QED) is 0.233. The van der Waals surface area contributed by atoms with Gasteiger partial charge in [0.15, 0.2) is 0 Å². The van der Waals surface area contributed by atoms with Gasteiger partial charge in [0.1, 0.15) is 5.75 Å². The van der Waals surface area contributed by atoms with Gasteiger partial charge in [-0.3, -0.25) is 4.79 Å². The molecular weight excluding hydrogens is 591 g/mol. The minimum Gasteiger partial charge on any atom is -0.496 e. The molecule has 0 aliphatic heterocycles. The highest BCUT2D eigenvalue weighted by atomic mass is 32.2. The van der Waals surface area contributed by atoms with Crippen LogP contribution in [0.5, 0.6) is 5.75 Å². The molecule has 1 N–H and O–H groups in total. The van der Waals surface area contributed by atoms with Crippen LogP contribution < -0.4 is 9.46 Å². The Morgan fingerprint density at radius 1 is 0.977 bits per heavy atom. The van der Waals surface area contributed by atoms with Gasteiger partial charge in [0.05, 0.1) is 17.0 Å². The van der Waals surface area contributed by atoms with Gasteiger partial charge in [-0.05, 0) is 105 Å². The van der Waals surface area contributed by atoms with Crippen LogP contribution in [0.15, 0.2) is 48.7 Å². The fourth-order valence-electron chi connectivity index (χ4n) is 6.98. The molecule has 44 heavy (non-hydrogen) atoms. The summed E-state index contributed by atoms with van der Waals surface area (Å²) in [6.45, 7) is 2.71. The van der Waals surface area contributed by atoms with Crippen LogP contribution in [0.3, 0.4) is 0 Å². The van der Waals surface area contributed by atoms with Crippen molar-refractivity contribution in [1.82, 2.24) is 14.0 Å². The maximum absolute atomic E-state index is 13.9. The van der Waals surface area contributed by atoms with Gasteiger partial charge in [0.2, 0.25) is 5.91 Å². The van der Waals surface area contributed by atoms with Crippen LogP contribution in [-0.2, 0) is 21.5 Å². The first-order valence-corrected chi connectivity index (χ1v) is 18.6. The molecule has 6 rings (SSSR count). The van der Waals surface area contributed by atoms with E-state index < -0.39 is 10.2 Å². The highest BCUT2D eigenvalue weighted by Crippen LogP contribution is 2.43. The van der Waals surface area contributed by atoms with Gasteiger partial charge >= 0.3 is 10.2 Å². The minimum absolute atomic E-state index is 0.223. The lowest BCUT2D eigenvalue weighted by Gasteiger charge is -2.33. The summed E-state index contributed by atoms with van der Waals surface area (Å²) in [5, 5.41) is 1.19. The summed E-state index contributed by atoms with van der Waals surface area (Å²) < 4.78 is 37.2. The molecule has 0 radical (unpaired) electrons. The highest BCUT2D eigenvalue weighted by molar-refractivity contribution is 7.87. The molecule has 3 aromatic rings.